The van der Waals surface area contributed by atoms with E-state index in [0.29, 0.717) is 12.5 Å². The van der Waals surface area contributed by atoms with E-state index in [1.165, 1.54) is 0 Å². The first kappa shape index (κ1) is 13.9. The van der Waals surface area contributed by atoms with Crippen LogP contribution < -0.4 is 5.32 Å². The molecule has 4 unspecified atom stereocenters. The number of aliphatic hydroxyl groups excluding tert-OH is 1. The van der Waals surface area contributed by atoms with E-state index in [4.69, 9.17) is 4.74 Å². The molecule has 0 rings (SSSR count). The summed E-state index contributed by atoms with van der Waals surface area (Å²) >= 11 is 0. The first-order chi connectivity index (χ1) is 6.52. The van der Waals surface area contributed by atoms with Gasteiger partial charge in [-0.1, -0.05) is 20.3 Å². The van der Waals surface area contributed by atoms with Crippen molar-refractivity contribution in [1.82, 2.24) is 5.32 Å². The van der Waals surface area contributed by atoms with E-state index in [2.05, 4.69) is 26.1 Å². The predicted molar refractivity (Wildman–Crippen MR) is 59.4 cm³/mol. The Bertz CT molecular complexity index is 125. The lowest BCUT2D eigenvalue weighted by molar-refractivity contribution is 0.0704. The number of ether oxygens (including phenoxy) is 1. The van der Waals surface area contributed by atoms with Crippen molar-refractivity contribution < 1.29 is 9.84 Å². The summed E-state index contributed by atoms with van der Waals surface area (Å²) < 4.78 is 5.19. The minimum Gasteiger partial charge on any atom is -0.392 e. The van der Waals surface area contributed by atoms with Gasteiger partial charge in [-0.15, -0.1) is 0 Å². The fourth-order valence-electron chi connectivity index (χ4n) is 1.15. The molecule has 0 aliphatic carbocycles. The Labute approximate surface area is 87.8 Å². The van der Waals surface area contributed by atoms with Crippen LogP contribution in [0.15, 0.2) is 0 Å². The van der Waals surface area contributed by atoms with Crippen LogP contribution in [-0.2, 0) is 4.74 Å². The maximum Gasteiger partial charge on any atom is 0.0693 e. The molecule has 0 bridgehead atoms. The highest BCUT2D eigenvalue weighted by atomic mass is 16.5. The third kappa shape index (κ3) is 4.94. The number of hydrogen-bond donors (Lipinski definition) is 2. The van der Waals surface area contributed by atoms with Crippen LogP contribution in [0.4, 0.5) is 0 Å². The number of nitrogens with one attached hydrogen (secondary N) is 1. The highest BCUT2D eigenvalue weighted by Crippen LogP contribution is 2.06. The smallest absolute Gasteiger partial charge is 0.0693 e. The van der Waals surface area contributed by atoms with E-state index in [1.807, 2.05) is 6.92 Å². The monoisotopic (exact) mass is 203 g/mol. The van der Waals surface area contributed by atoms with E-state index in [0.717, 1.165) is 6.42 Å². The Kier molecular flexibility index (Phi) is 7.15. The van der Waals surface area contributed by atoms with Crippen molar-refractivity contribution in [3.05, 3.63) is 0 Å². The molecule has 3 nitrogen and oxygen atoms in total. The van der Waals surface area contributed by atoms with Gasteiger partial charge >= 0.3 is 0 Å². The van der Waals surface area contributed by atoms with Crippen LogP contribution in [-0.4, -0.2) is 37.0 Å². The SMILES string of the molecule is CCC(C)C(O)CNC(C)C(C)OC. The molecule has 86 valence electrons. The topological polar surface area (TPSA) is 41.5 Å². The van der Waals surface area contributed by atoms with E-state index in [1.54, 1.807) is 7.11 Å². The second-order valence-corrected chi connectivity index (χ2v) is 4.09. The largest absolute Gasteiger partial charge is 0.392 e. The van der Waals surface area contributed by atoms with E-state index < -0.39 is 0 Å². The molecule has 4 atom stereocenters. The van der Waals surface area contributed by atoms with Gasteiger partial charge in [0.05, 0.1) is 12.2 Å². The van der Waals surface area contributed by atoms with Crippen LogP contribution in [0.1, 0.15) is 34.1 Å². The Balaban J connectivity index is 3.70. The van der Waals surface area contributed by atoms with Crippen molar-refractivity contribution >= 4 is 0 Å². The van der Waals surface area contributed by atoms with Crippen molar-refractivity contribution in [3.63, 3.8) is 0 Å². The van der Waals surface area contributed by atoms with Gasteiger partial charge in [0.1, 0.15) is 0 Å². The molecule has 0 aliphatic rings. The van der Waals surface area contributed by atoms with E-state index in [9.17, 15) is 5.11 Å². The first-order valence-corrected chi connectivity index (χ1v) is 5.47. The number of hydrogen-bond acceptors (Lipinski definition) is 3. The van der Waals surface area contributed by atoms with Gasteiger partial charge in [-0.05, 0) is 19.8 Å². The van der Waals surface area contributed by atoms with Crippen LogP contribution in [0.25, 0.3) is 0 Å². The standard InChI is InChI=1S/C11H25NO2/c1-6-8(2)11(13)7-12-9(3)10(4)14-5/h8-13H,6-7H2,1-5H3. The lowest BCUT2D eigenvalue weighted by Gasteiger charge is -2.23. The fraction of sp³-hybridized carbons (Fsp3) is 1.00. The molecule has 0 spiro atoms. The van der Waals surface area contributed by atoms with Crippen molar-refractivity contribution in [2.45, 2.75) is 52.4 Å². The van der Waals surface area contributed by atoms with E-state index >= 15 is 0 Å². The fourth-order valence-corrected chi connectivity index (χ4v) is 1.15. The van der Waals surface area contributed by atoms with Gasteiger partial charge in [0.15, 0.2) is 0 Å². The van der Waals surface area contributed by atoms with Crippen molar-refractivity contribution in [3.8, 4) is 0 Å². The summed E-state index contributed by atoms with van der Waals surface area (Å²) in [5, 5.41) is 13.0. The normalized spacial score (nSPS) is 20.1. The molecule has 2 N–H and O–H groups in total. The second kappa shape index (κ2) is 7.21. The van der Waals surface area contributed by atoms with Crippen LogP contribution >= 0.6 is 0 Å². The molecule has 0 aromatic rings. The summed E-state index contributed by atoms with van der Waals surface area (Å²) in [4.78, 5) is 0. The molecule has 0 aromatic heterocycles. The molecule has 0 saturated heterocycles. The van der Waals surface area contributed by atoms with Crippen LogP contribution in [0.2, 0.25) is 0 Å². The highest BCUT2D eigenvalue weighted by Gasteiger charge is 2.15. The lowest BCUT2D eigenvalue weighted by atomic mass is 10.0. The zero-order valence-corrected chi connectivity index (χ0v) is 10.1. The molecule has 14 heavy (non-hydrogen) atoms. The molecule has 0 fully saturated rings. The van der Waals surface area contributed by atoms with Crippen molar-refractivity contribution in [2.75, 3.05) is 13.7 Å². The van der Waals surface area contributed by atoms with Crippen LogP contribution in [0.5, 0.6) is 0 Å². The Morgan fingerprint density at radius 2 is 1.86 bits per heavy atom. The summed E-state index contributed by atoms with van der Waals surface area (Å²) in [7, 11) is 1.70. The summed E-state index contributed by atoms with van der Waals surface area (Å²) in [5.41, 5.74) is 0. The van der Waals surface area contributed by atoms with Gasteiger partial charge in [-0.3, -0.25) is 0 Å². The molecule has 0 heterocycles. The molecule has 0 radical (unpaired) electrons. The third-order valence-corrected chi connectivity index (χ3v) is 3.03. The van der Waals surface area contributed by atoms with Gasteiger partial charge in [0, 0.05) is 19.7 Å². The minimum atomic E-state index is -0.258. The van der Waals surface area contributed by atoms with Gasteiger partial charge in [-0.25, -0.2) is 0 Å². The molecular weight excluding hydrogens is 178 g/mol. The Morgan fingerprint density at radius 1 is 1.29 bits per heavy atom. The maximum atomic E-state index is 9.72. The average Bonchev–Trinajstić information content (AvgIpc) is 2.22. The summed E-state index contributed by atoms with van der Waals surface area (Å²) in [5.74, 6) is 0.354. The second-order valence-electron chi connectivity index (χ2n) is 4.09. The van der Waals surface area contributed by atoms with Gasteiger partial charge < -0.3 is 15.2 Å². The molecular formula is C11H25NO2. The van der Waals surface area contributed by atoms with E-state index in [-0.39, 0.29) is 18.2 Å². The van der Waals surface area contributed by atoms with Crippen LogP contribution in [0, 0.1) is 5.92 Å². The zero-order chi connectivity index (χ0) is 11.1. The number of methoxy groups -OCH3 is 1. The quantitative estimate of drug-likeness (QED) is 0.657. The molecule has 0 amide bonds. The summed E-state index contributed by atoms with van der Waals surface area (Å²) in [6.45, 7) is 8.89. The number of aliphatic hydroxyl groups is 1. The summed E-state index contributed by atoms with van der Waals surface area (Å²) in [6, 6.07) is 0.277. The predicted octanol–water partition coefficient (Wildman–Crippen LogP) is 1.41. The zero-order valence-electron chi connectivity index (χ0n) is 10.1. The van der Waals surface area contributed by atoms with Crippen molar-refractivity contribution in [2.24, 2.45) is 5.92 Å². The lowest BCUT2D eigenvalue weighted by Crippen LogP contribution is -2.42. The van der Waals surface area contributed by atoms with Gasteiger partial charge in [0.2, 0.25) is 0 Å². The molecule has 0 aromatic carbocycles. The Hall–Kier alpha value is -0.120. The van der Waals surface area contributed by atoms with Gasteiger partial charge in [-0.2, -0.15) is 0 Å². The maximum absolute atomic E-state index is 9.72. The minimum absolute atomic E-state index is 0.180. The third-order valence-electron chi connectivity index (χ3n) is 3.03. The molecule has 0 saturated carbocycles. The molecule has 0 aliphatic heterocycles. The van der Waals surface area contributed by atoms with Crippen LogP contribution in [0.3, 0.4) is 0 Å². The summed E-state index contributed by atoms with van der Waals surface area (Å²) in [6.07, 6.45) is 0.933. The van der Waals surface area contributed by atoms with Gasteiger partial charge in [0.25, 0.3) is 0 Å². The highest BCUT2D eigenvalue weighted by molar-refractivity contribution is 4.72. The Morgan fingerprint density at radius 3 is 2.29 bits per heavy atom. The average molecular weight is 203 g/mol. The number of rotatable bonds is 7. The first-order valence-electron chi connectivity index (χ1n) is 5.47. The van der Waals surface area contributed by atoms with Crippen molar-refractivity contribution in [1.29, 1.82) is 0 Å². The molecule has 3 heteroatoms.